The standard InChI is InChI=1S/C71H120O6/c1-4-7-10-13-16-19-22-25-28-30-32-33-34-35-36-37-39-40-43-46-49-52-55-58-61-64-70(73)76-67-68(66-75-69(72)63-60-57-54-51-48-45-42-27-24-21-18-15-12-9-6-3)77-71(74)65-62-59-56-53-50-47-44-41-38-31-29-26-23-20-17-14-11-8-5-2/h7,10,16-21,25-29,32-33,35-36,42,68H,4-6,8-9,11-15,22-24,30-31,34,37-41,43-67H2,1-3H3/b10-7-,19-16-,20-17-,21-18-,28-25-,29-26-,33-32-,36-35-,42-27-. The van der Waals surface area contributed by atoms with Crippen molar-refractivity contribution < 1.29 is 28.6 Å². The summed E-state index contributed by atoms with van der Waals surface area (Å²) < 4.78 is 16.9. The number of carbonyl (C=O) groups excluding carboxylic acids is 3. The van der Waals surface area contributed by atoms with Gasteiger partial charge in [0.2, 0.25) is 0 Å². The molecule has 0 saturated carbocycles. The van der Waals surface area contributed by atoms with E-state index < -0.39 is 6.10 Å². The summed E-state index contributed by atoms with van der Waals surface area (Å²) in [5.41, 5.74) is 0. The topological polar surface area (TPSA) is 78.9 Å². The molecule has 0 spiro atoms. The lowest BCUT2D eigenvalue weighted by Gasteiger charge is -2.18. The van der Waals surface area contributed by atoms with Crippen LogP contribution in [0.25, 0.3) is 0 Å². The summed E-state index contributed by atoms with van der Waals surface area (Å²) in [6, 6.07) is 0. The Kier molecular flexibility index (Phi) is 61.3. The van der Waals surface area contributed by atoms with Gasteiger partial charge in [0.25, 0.3) is 0 Å². The Balaban J connectivity index is 4.38. The number of ether oxygens (including phenoxy) is 3. The summed E-state index contributed by atoms with van der Waals surface area (Å²) in [6.45, 7) is 6.48. The third-order valence-corrected chi connectivity index (χ3v) is 13.7. The van der Waals surface area contributed by atoms with Gasteiger partial charge in [-0.1, -0.05) is 265 Å². The van der Waals surface area contributed by atoms with Crippen molar-refractivity contribution in [2.24, 2.45) is 0 Å². The molecular weight excluding hydrogens is 949 g/mol. The lowest BCUT2D eigenvalue weighted by molar-refractivity contribution is -0.167. The van der Waals surface area contributed by atoms with Crippen molar-refractivity contribution in [3.63, 3.8) is 0 Å². The highest BCUT2D eigenvalue weighted by Gasteiger charge is 2.19. The first-order chi connectivity index (χ1) is 38.0. The first-order valence-electron chi connectivity index (χ1n) is 32.4. The van der Waals surface area contributed by atoms with E-state index in [-0.39, 0.29) is 31.1 Å². The van der Waals surface area contributed by atoms with Gasteiger partial charge >= 0.3 is 17.9 Å². The molecule has 0 bridgehead atoms. The predicted octanol–water partition coefficient (Wildman–Crippen LogP) is 22.2. The van der Waals surface area contributed by atoms with E-state index in [9.17, 15) is 14.4 Å². The SMILES string of the molecule is CC/C=C\C/C=C\C/C=C\C/C=C\C/C=C\CCCCCCCCCCCC(=O)OCC(COC(=O)CCCCCCC/C=C\C/C=C\CCCCC)OC(=O)CCCCCCCCCCC/C=C\C/C=C\CCCCC. The quantitative estimate of drug-likeness (QED) is 0.0261. The van der Waals surface area contributed by atoms with Crippen LogP contribution in [0, 0.1) is 0 Å². The van der Waals surface area contributed by atoms with Gasteiger partial charge in [-0.2, -0.15) is 0 Å². The van der Waals surface area contributed by atoms with Gasteiger partial charge in [-0.3, -0.25) is 14.4 Å². The summed E-state index contributed by atoms with van der Waals surface area (Å²) in [6.07, 6.45) is 88.0. The smallest absolute Gasteiger partial charge is 0.306 e. The largest absolute Gasteiger partial charge is 0.462 e. The van der Waals surface area contributed by atoms with Crippen LogP contribution in [0.2, 0.25) is 0 Å². The van der Waals surface area contributed by atoms with Crippen LogP contribution in [0.4, 0.5) is 0 Å². The Hall–Kier alpha value is -3.93. The van der Waals surface area contributed by atoms with E-state index in [2.05, 4.69) is 130 Å². The molecule has 0 rings (SSSR count). The lowest BCUT2D eigenvalue weighted by Crippen LogP contribution is -2.30. The molecule has 0 radical (unpaired) electrons. The number of rotatable bonds is 58. The molecular formula is C71H120O6. The highest BCUT2D eigenvalue weighted by molar-refractivity contribution is 5.71. The zero-order chi connectivity index (χ0) is 55.7. The van der Waals surface area contributed by atoms with Gasteiger partial charge in [-0.05, 0) is 128 Å². The Morgan fingerprint density at radius 2 is 0.506 bits per heavy atom. The van der Waals surface area contributed by atoms with Crippen LogP contribution in [0.3, 0.4) is 0 Å². The van der Waals surface area contributed by atoms with Crippen molar-refractivity contribution in [2.75, 3.05) is 13.2 Å². The van der Waals surface area contributed by atoms with Crippen molar-refractivity contribution in [3.8, 4) is 0 Å². The molecule has 0 aliphatic heterocycles. The highest BCUT2D eigenvalue weighted by Crippen LogP contribution is 2.16. The average Bonchev–Trinajstić information content (AvgIpc) is 3.43. The molecule has 0 aromatic rings. The summed E-state index contributed by atoms with van der Waals surface area (Å²) >= 11 is 0. The third-order valence-electron chi connectivity index (χ3n) is 13.7. The minimum Gasteiger partial charge on any atom is -0.462 e. The molecule has 0 N–H and O–H groups in total. The molecule has 6 nitrogen and oxygen atoms in total. The van der Waals surface area contributed by atoms with E-state index in [1.807, 2.05) is 0 Å². The fourth-order valence-corrected chi connectivity index (χ4v) is 8.88. The Morgan fingerprint density at radius 1 is 0.273 bits per heavy atom. The second kappa shape index (κ2) is 64.6. The minimum atomic E-state index is -0.792. The first kappa shape index (κ1) is 73.1. The first-order valence-corrected chi connectivity index (χ1v) is 32.4. The molecule has 1 atom stereocenters. The fraction of sp³-hybridized carbons (Fsp3) is 0.704. The molecule has 0 aromatic carbocycles. The molecule has 0 aliphatic rings. The van der Waals surface area contributed by atoms with E-state index >= 15 is 0 Å². The fourth-order valence-electron chi connectivity index (χ4n) is 8.88. The lowest BCUT2D eigenvalue weighted by atomic mass is 10.1. The van der Waals surface area contributed by atoms with E-state index in [4.69, 9.17) is 14.2 Å². The molecule has 0 amide bonds. The van der Waals surface area contributed by atoms with Gasteiger partial charge in [0.1, 0.15) is 13.2 Å². The molecule has 0 heterocycles. The van der Waals surface area contributed by atoms with Gasteiger partial charge in [0.15, 0.2) is 6.10 Å². The zero-order valence-corrected chi connectivity index (χ0v) is 50.4. The van der Waals surface area contributed by atoms with Crippen molar-refractivity contribution in [3.05, 3.63) is 109 Å². The summed E-state index contributed by atoms with van der Waals surface area (Å²) in [7, 11) is 0. The van der Waals surface area contributed by atoms with E-state index in [1.54, 1.807) is 0 Å². The number of allylic oxidation sites excluding steroid dienone is 18. The van der Waals surface area contributed by atoms with Crippen molar-refractivity contribution in [2.45, 2.75) is 309 Å². The predicted molar refractivity (Wildman–Crippen MR) is 334 cm³/mol. The second-order valence-electron chi connectivity index (χ2n) is 21.3. The maximum Gasteiger partial charge on any atom is 0.306 e. The Labute approximate surface area is 476 Å². The summed E-state index contributed by atoms with van der Waals surface area (Å²) in [4.78, 5) is 38.4. The maximum absolute atomic E-state index is 12.9. The summed E-state index contributed by atoms with van der Waals surface area (Å²) in [5.74, 6) is -0.904. The number of esters is 3. The van der Waals surface area contributed by atoms with Crippen LogP contribution in [0.1, 0.15) is 303 Å². The molecule has 0 aliphatic carbocycles. The number of hydrogen-bond acceptors (Lipinski definition) is 6. The van der Waals surface area contributed by atoms with Gasteiger partial charge in [0, 0.05) is 19.3 Å². The number of unbranched alkanes of at least 4 members (excludes halogenated alkanes) is 29. The Morgan fingerprint density at radius 3 is 0.792 bits per heavy atom. The van der Waals surface area contributed by atoms with Crippen molar-refractivity contribution in [1.29, 1.82) is 0 Å². The van der Waals surface area contributed by atoms with E-state index in [0.29, 0.717) is 19.3 Å². The van der Waals surface area contributed by atoms with Gasteiger partial charge in [0.05, 0.1) is 0 Å². The van der Waals surface area contributed by atoms with Crippen LogP contribution < -0.4 is 0 Å². The molecule has 6 heteroatoms. The third kappa shape index (κ3) is 62.8. The number of carbonyl (C=O) groups is 3. The molecule has 440 valence electrons. The summed E-state index contributed by atoms with van der Waals surface area (Å²) in [5, 5.41) is 0. The average molecular weight is 1070 g/mol. The number of hydrogen-bond donors (Lipinski definition) is 0. The maximum atomic E-state index is 12.9. The van der Waals surface area contributed by atoms with Gasteiger partial charge in [-0.25, -0.2) is 0 Å². The zero-order valence-electron chi connectivity index (χ0n) is 50.4. The van der Waals surface area contributed by atoms with Crippen LogP contribution in [0.5, 0.6) is 0 Å². The van der Waals surface area contributed by atoms with Crippen LogP contribution in [0.15, 0.2) is 109 Å². The molecule has 0 aromatic heterocycles. The minimum absolute atomic E-state index is 0.0878. The van der Waals surface area contributed by atoms with Crippen molar-refractivity contribution >= 4 is 17.9 Å². The van der Waals surface area contributed by atoms with Crippen LogP contribution >= 0.6 is 0 Å². The van der Waals surface area contributed by atoms with Crippen molar-refractivity contribution in [1.82, 2.24) is 0 Å². The Bertz CT molecular complexity index is 1560. The molecule has 0 saturated heterocycles. The molecule has 77 heavy (non-hydrogen) atoms. The molecule has 1 unspecified atom stereocenters. The van der Waals surface area contributed by atoms with E-state index in [0.717, 1.165) is 128 Å². The van der Waals surface area contributed by atoms with Gasteiger partial charge in [-0.15, -0.1) is 0 Å². The van der Waals surface area contributed by atoms with Crippen LogP contribution in [-0.2, 0) is 28.6 Å². The normalized spacial score (nSPS) is 12.8. The van der Waals surface area contributed by atoms with Gasteiger partial charge < -0.3 is 14.2 Å². The monoisotopic (exact) mass is 1070 g/mol. The van der Waals surface area contributed by atoms with E-state index in [1.165, 1.54) is 135 Å². The van der Waals surface area contributed by atoms with Crippen LogP contribution in [-0.4, -0.2) is 37.2 Å². The molecule has 0 fully saturated rings. The highest BCUT2D eigenvalue weighted by atomic mass is 16.6. The second-order valence-corrected chi connectivity index (χ2v) is 21.3.